The van der Waals surface area contributed by atoms with Gasteiger partial charge >= 0.3 is 0 Å². The van der Waals surface area contributed by atoms with Crippen LogP contribution in [-0.4, -0.2) is 9.97 Å². The van der Waals surface area contributed by atoms with Crippen LogP contribution in [0.25, 0.3) is 10.2 Å². The van der Waals surface area contributed by atoms with Gasteiger partial charge in [0.15, 0.2) is 4.34 Å². The Hall–Kier alpha value is -1.10. The van der Waals surface area contributed by atoms with Gasteiger partial charge in [-0.3, -0.25) is 0 Å². The van der Waals surface area contributed by atoms with Crippen molar-refractivity contribution in [2.75, 3.05) is 0 Å². The Kier molecular flexibility index (Phi) is 3.50. The summed E-state index contributed by atoms with van der Waals surface area (Å²) in [5.74, 6) is 0.798. The molecule has 0 atom stereocenters. The second-order valence-corrected chi connectivity index (χ2v) is 6.30. The third-order valence-corrected chi connectivity index (χ3v) is 5.03. The molecule has 18 heavy (non-hydrogen) atoms. The molecule has 0 radical (unpaired) electrons. The summed E-state index contributed by atoms with van der Waals surface area (Å²) in [5.41, 5.74) is 2.10. The van der Waals surface area contributed by atoms with Crippen molar-refractivity contribution in [3.63, 3.8) is 0 Å². The van der Waals surface area contributed by atoms with Crippen LogP contribution in [-0.2, 0) is 5.75 Å². The molecule has 0 saturated heterocycles. The molecular weight excluding hydrogens is 284 g/mol. The molecule has 0 amide bonds. The summed E-state index contributed by atoms with van der Waals surface area (Å²) >= 11 is 9.43. The van der Waals surface area contributed by atoms with Crippen molar-refractivity contribution < 1.29 is 0 Å². The average molecular weight is 293 g/mol. The van der Waals surface area contributed by atoms with Gasteiger partial charge in [-0.25, -0.2) is 9.97 Å². The zero-order valence-electron chi connectivity index (χ0n) is 9.34. The van der Waals surface area contributed by atoms with Gasteiger partial charge in [0.2, 0.25) is 0 Å². The van der Waals surface area contributed by atoms with Crippen LogP contribution in [0.1, 0.15) is 5.56 Å². The highest BCUT2D eigenvalue weighted by Crippen LogP contribution is 2.32. The number of hydrogen-bond acceptors (Lipinski definition) is 4. The second-order valence-electron chi connectivity index (χ2n) is 3.69. The lowest BCUT2D eigenvalue weighted by Crippen LogP contribution is -1.84. The van der Waals surface area contributed by atoms with Crippen LogP contribution in [0.4, 0.5) is 0 Å². The maximum atomic E-state index is 6.03. The minimum atomic E-state index is 0.575. The zero-order valence-corrected chi connectivity index (χ0v) is 11.7. The van der Waals surface area contributed by atoms with Gasteiger partial charge in [0, 0.05) is 11.9 Å². The van der Waals surface area contributed by atoms with Gasteiger partial charge < -0.3 is 0 Å². The van der Waals surface area contributed by atoms with E-state index in [1.807, 2.05) is 30.3 Å². The fraction of sp³-hybridized carbons (Fsp3) is 0.0769. The summed E-state index contributed by atoms with van der Waals surface area (Å²) in [6.07, 6.45) is 1.70. The van der Waals surface area contributed by atoms with E-state index in [2.05, 4.69) is 16.0 Å². The topological polar surface area (TPSA) is 25.8 Å². The summed E-state index contributed by atoms with van der Waals surface area (Å²) in [4.78, 5) is 8.64. The van der Waals surface area contributed by atoms with Gasteiger partial charge in [0.05, 0.1) is 10.2 Å². The van der Waals surface area contributed by atoms with E-state index in [4.69, 9.17) is 11.6 Å². The van der Waals surface area contributed by atoms with Crippen LogP contribution >= 0.6 is 34.7 Å². The lowest BCUT2D eigenvalue weighted by molar-refractivity contribution is 1.24. The number of rotatable bonds is 3. The lowest BCUT2D eigenvalue weighted by atomic mass is 10.3. The van der Waals surface area contributed by atoms with Gasteiger partial charge in [-0.2, -0.15) is 0 Å². The third kappa shape index (κ3) is 2.51. The first kappa shape index (κ1) is 12.0. The molecule has 0 aliphatic rings. The first-order valence-electron chi connectivity index (χ1n) is 5.41. The Morgan fingerprint density at radius 1 is 1.17 bits per heavy atom. The summed E-state index contributed by atoms with van der Waals surface area (Å²) < 4.78 is 2.29. The summed E-state index contributed by atoms with van der Waals surface area (Å²) in [5, 5.41) is 0.575. The van der Waals surface area contributed by atoms with Crippen molar-refractivity contribution in [1.29, 1.82) is 0 Å². The molecule has 5 heteroatoms. The second kappa shape index (κ2) is 5.26. The predicted octanol–water partition coefficient (Wildman–Crippen LogP) is 4.64. The number of halogens is 1. The van der Waals surface area contributed by atoms with Crippen molar-refractivity contribution in [3.8, 4) is 0 Å². The molecule has 0 fully saturated rings. The highest BCUT2D eigenvalue weighted by Gasteiger charge is 2.06. The molecule has 0 spiro atoms. The van der Waals surface area contributed by atoms with Crippen molar-refractivity contribution >= 4 is 44.9 Å². The van der Waals surface area contributed by atoms with Gasteiger partial charge in [-0.1, -0.05) is 41.6 Å². The van der Waals surface area contributed by atoms with E-state index in [1.54, 1.807) is 29.3 Å². The highest BCUT2D eigenvalue weighted by atomic mass is 35.5. The van der Waals surface area contributed by atoms with Crippen molar-refractivity contribution in [1.82, 2.24) is 9.97 Å². The standard InChI is InChI=1S/C13H9ClN2S2/c14-12-9(4-3-7-15-12)8-17-13-16-10-5-1-2-6-11(10)18-13/h1-7H,8H2. The van der Waals surface area contributed by atoms with Crippen molar-refractivity contribution in [3.05, 3.63) is 53.3 Å². The quantitative estimate of drug-likeness (QED) is 0.520. The number of benzene rings is 1. The summed E-state index contributed by atoms with van der Waals surface area (Å²) in [6, 6.07) is 12.1. The largest absolute Gasteiger partial charge is 0.244 e. The number of thiazole rings is 1. The Bertz CT molecular complexity index is 648. The van der Waals surface area contributed by atoms with E-state index in [-0.39, 0.29) is 0 Å². The van der Waals surface area contributed by atoms with E-state index >= 15 is 0 Å². The first-order valence-corrected chi connectivity index (χ1v) is 7.59. The van der Waals surface area contributed by atoms with E-state index in [0.29, 0.717) is 5.15 Å². The zero-order chi connectivity index (χ0) is 12.4. The molecule has 1 aromatic carbocycles. The molecule has 0 bridgehead atoms. The van der Waals surface area contributed by atoms with Gasteiger partial charge in [-0.05, 0) is 23.8 Å². The molecule has 90 valence electrons. The number of pyridine rings is 1. The molecule has 0 aliphatic heterocycles. The summed E-state index contributed by atoms with van der Waals surface area (Å²) in [7, 11) is 0. The molecule has 0 N–H and O–H groups in total. The SMILES string of the molecule is Clc1ncccc1CSc1nc2ccccc2s1. The highest BCUT2D eigenvalue weighted by molar-refractivity contribution is 8.00. The average Bonchev–Trinajstić information content (AvgIpc) is 2.80. The molecule has 2 nitrogen and oxygen atoms in total. The maximum absolute atomic E-state index is 6.03. The Morgan fingerprint density at radius 3 is 2.89 bits per heavy atom. The maximum Gasteiger partial charge on any atom is 0.151 e. The Balaban J connectivity index is 1.79. The van der Waals surface area contributed by atoms with Crippen molar-refractivity contribution in [2.45, 2.75) is 10.1 Å². The fourth-order valence-electron chi connectivity index (χ4n) is 1.58. The van der Waals surface area contributed by atoms with E-state index < -0.39 is 0 Å². The summed E-state index contributed by atoms with van der Waals surface area (Å²) in [6.45, 7) is 0. The van der Waals surface area contributed by atoms with Crippen LogP contribution in [0, 0.1) is 0 Å². The van der Waals surface area contributed by atoms with Crippen LogP contribution < -0.4 is 0 Å². The fourth-order valence-corrected chi connectivity index (χ4v) is 3.90. The molecule has 3 rings (SSSR count). The normalized spacial score (nSPS) is 10.9. The molecular formula is C13H9ClN2S2. The van der Waals surface area contributed by atoms with Crippen LogP contribution in [0.2, 0.25) is 5.15 Å². The predicted molar refractivity (Wildman–Crippen MR) is 78.4 cm³/mol. The van der Waals surface area contributed by atoms with E-state index in [1.165, 1.54) is 4.70 Å². The van der Waals surface area contributed by atoms with Crippen molar-refractivity contribution in [2.24, 2.45) is 0 Å². The minimum Gasteiger partial charge on any atom is -0.244 e. The number of nitrogens with zero attached hydrogens (tertiary/aromatic N) is 2. The molecule has 3 aromatic rings. The van der Waals surface area contributed by atoms with E-state index in [9.17, 15) is 0 Å². The smallest absolute Gasteiger partial charge is 0.151 e. The minimum absolute atomic E-state index is 0.575. The number of thioether (sulfide) groups is 1. The Morgan fingerprint density at radius 2 is 2.06 bits per heavy atom. The van der Waals surface area contributed by atoms with E-state index in [0.717, 1.165) is 21.2 Å². The van der Waals surface area contributed by atoms with Gasteiger partial charge in [0.1, 0.15) is 5.15 Å². The number of para-hydroxylation sites is 1. The molecule has 0 aliphatic carbocycles. The van der Waals surface area contributed by atoms with Crippen LogP contribution in [0.15, 0.2) is 46.9 Å². The monoisotopic (exact) mass is 292 g/mol. The number of aromatic nitrogens is 2. The molecule has 2 aromatic heterocycles. The third-order valence-electron chi connectivity index (χ3n) is 2.46. The molecule has 0 unspecified atom stereocenters. The first-order chi connectivity index (χ1) is 8.83. The van der Waals surface area contributed by atoms with Crippen LogP contribution in [0.3, 0.4) is 0 Å². The number of hydrogen-bond donors (Lipinski definition) is 0. The van der Waals surface area contributed by atoms with Gasteiger partial charge in [0.25, 0.3) is 0 Å². The number of fused-ring (bicyclic) bond motifs is 1. The van der Waals surface area contributed by atoms with Crippen LogP contribution in [0.5, 0.6) is 0 Å². The lowest BCUT2D eigenvalue weighted by Gasteiger charge is -2.00. The van der Waals surface area contributed by atoms with Gasteiger partial charge in [-0.15, -0.1) is 11.3 Å². The molecule has 2 heterocycles. The molecule has 0 saturated carbocycles. The Labute approximate surface area is 118 Å².